The Morgan fingerprint density at radius 1 is 1.30 bits per heavy atom. The van der Waals surface area contributed by atoms with Gasteiger partial charge in [0.15, 0.2) is 0 Å². The van der Waals surface area contributed by atoms with E-state index in [9.17, 15) is 0 Å². The molecule has 0 bridgehead atoms. The number of rotatable bonds is 2. The largest absolute Gasteiger partial charge is 0.495 e. The van der Waals surface area contributed by atoms with Crippen LogP contribution in [0.15, 0.2) is 12.1 Å². The van der Waals surface area contributed by atoms with Gasteiger partial charge >= 0.3 is 0 Å². The molecule has 20 heavy (non-hydrogen) atoms. The number of hydrogen-bond acceptors (Lipinski definition) is 2. The number of aromatic amines is 1. The first kappa shape index (κ1) is 13.8. The van der Waals surface area contributed by atoms with E-state index in [1.54, 1.807) is 7.11 Å². The van der Waals surface area contributed by atoms with Crippen molar-refractivity contribution in [3.8, 4) is 5.75 Å². The van der Waals surface area contributed by atoms with Crippen molar-refractivity contribution in [1.82, 2.24) is 9.88 Å². The van der Waals surface area contributed by atoms with Gasteiger partial charge in [0.1, 0.15) is 5.75 Å². The molecule has 4 heteroatoms. The molecule has 3 nitrogen and oxygen atoms in total. The zero-order valence-corrected chi connectivity index (χ0v) is 12.9. The van der Waals surface area contributed by atoms with Gasteiger partial charge in [-0.3, -0.25) is 0 Å². The predicted octanol–water partition coefficient (Wildman–Crippen LogP) is 3.64. The molecule has 0 saturated heterocycles. The highest BCUT2D eigenvalue weighted by Crippen LogP contribution is 2.34. The number of aryl methyl sites for hydroxylation is 1. The summed E-state index contributed by atoms with van der Waals surface area (Å²) in [4.78, 5) is 6.07. The van der Waals surface area contributed by atoms with Crippen LogP contribution in [0.1, 0.15) is 24.6 Å². The highest BCUT2D eigenvalue weighted by atomic mass is 35.5. The molecule has 0 saturated carbocycles. The van der Waals surface area contributed by atoms with Crippen molar-refractivity contribution in [2.75, 3.05) is 26.7 Å². The Morgan fingerprint density at radius 3 is 2.90 bits per heavy atom. The van der Waals surface area contributed by atoms with Crippen molar-refractivity contribution >= 4 is 22.5 Å². The highest BCUT2D eigenvalue weighted by molar-refractivity contribution is 6.32. The van der Waals surface area contributed by atoms with Crippen LogP contribution in [0.4, 0.5) is 0 Å². The van der Waals surface area contributed by atoms with E-state index in [0.717, 1.165) is 37.2 Å². The standard InChI is InChI=1S/C16H21ClN2O/c1-3-19-7-4-5-14-11(6-8-19)12-9-16(20-2)13(17)10-15(12)18-14/h9-10,18H,3-8H2,1-2H3. The molecule has 0 unspecified atom stereocenters. The maximum atomic E-state index is 6.22. The van der Waals surface area contributed by atoms with Crippen LogP contribution < -0.4 is 4.74 Å². The number of hydrogen-bond donors (Lipinski definition) is 1. The lowest BCUT2D eigenvalue weighted by Crippen LogP contribution is -2.29. The number of halogens is 1. The molecule has 0 radical (unpaired) electrons. The lowest BCUT2D eigenvalue weighted by molar-refractivity contribution is 0.283. The summed E-state index contributed by atoms with van der Waals surface area (Å²) in [6.07, 6.45) is 3.41. The van der Waals surface area contributed by atoms with E-state index in [-0.39, 0.29) is 0 Å². The third-order valence-corrected chi connectivity index (χ3v) is 4.59. The molecule has 2 heterocycles. The summed E-state index contributed by atoms with van der Waals surface area (Å²) < 4.78 is 5.36. The second kappa shape index (κ2) is 5.66. The number of benzene rings is 1. The van der Waals surface area contributed by atoms with Crippen LogP contribution in [-0.4, -0.2) is 36.6 Å². The monoisotopic (exact) mass is 292 g/mol. The summed E-state index contributed by atoms with van der Waals surface area (Å²) >= 11 is 6.22. The van der Waals surface area contributed by atoms with Crippen LogP contribution in [0, 0.1) is 0 Å². The highest BCUT2D eigenvalue weighted by Gasteiger charge is 2.17. The number of nitrogens with one attached hydrogen (secondary N) is 1. The average molecular weight is 293 g/mol. The van der Waals surface area contributed by atoms with Gasteiger partial charge in [0.25, 0.3) is 0 Å². The van der Waals surface area contributed by atoms with E-state index >= 15 is 0 Å². The average Bonchev–Trinajstić information content (AvgIpc) is 2.74. The molecule has 0 spiro atoms. The number of fused-ring (bicyclic) bond motifs is 3. The van der Waals surface area contributed by atoms with Crippen molar-refractivity contribution in [2.24, 2.45) is 0 Å². The first-order valence-corrected chi connectivity index (χ1v) is 7.70. The Labute approximate surface area is 124 Å². The predicted molar refractivity (Wildman–Crippen MR) is 84.0 cm³/mol. The van der Waals surface area contributed by atoms with Crippen LogP contribution >= 0.6 is 11.6 Å². The molecule has 1 aliphatic heterocycles. The number of H-pyrrole nitrogens is 1. The molecule has 3 rings (SSSR count). The maximum absolute atomic E-state index is 6.22. The second-order valence-corrected chi connectivity index (χ2v) is 5.81. The third kappa shape index (κ3) is 2.40. The van der Waals surface area contributed by atoms with Crippen molar-refractivity contribution in [1.29, 1.82) is 0 Å². The minimum Gasteiger partial charge on any atom is -0.495 e. The topological polar surface area (TPSA) is 28.3 Å². The van der Waals surface area contributed by atoms with Gasteiger partial charge in [-0.2, -0.15) is 0 Å². The molecular weight excluding hydrogens is 272 g/mol. The summed E-state index contributed by atoms with van der Waals surface area (Å²) in [6, 6.07) is 4.06. The van der Waals surface area contributed by atoms with Gasteiger partial charge in [0.2, 0.25) is 0 Å². The Morgan fingerprint density at radius 2 is 2.15 bits per heavy atom. The quantitative estimate of drug-likeness (QED) is 0.915. The smallest absolute Gasteiger partial charge is 0.138 e. The second-order valence-electron chi connectivity index (χ2n) is 5.40. The number of nitrogens with zero attached hydrogens (tertiary/aromatic N) is 1. The van der Waals surface area contributed by atoms with E-state index in [1.165, 1.54) is 29.6 Å². The van der Waals surface area contributed by atoms with Crippen LogP contribution in [-0.2, 0) is 12.8 Å². The van der Waals surface area contributed by atoms with E-state index in [2.05, 4.69) is 22.9 Å². The zero-order valence-electron chi connectivity index (χ0n) is 12.1. The van der Waals surface area contributed by atoms with Gasteiger partial charge in [-0.05, 0) is 50.0 Å². The lowest BCUT2D eigenvalue weighted by atomic mass is 10.0. The molecular formula is C16H21ClN2O. The summed E-state index contributed by atoms with van der Waals surface area (Å²) in [5.41, 5.74) is 3.94. The summed E-state index contributed by atoms with van der Waals surface area (Å²) in [5, 5.41) is 1.93. The molecule has 0 atom stereocenters. The van der Waals surface area contributed by atoms with Crippen LogP contribution in [0.5, 0.6) is 5.75 Å². The van der Waals surface area contributed by atoms with E-state index in [1.807, 2.05) is 6.07 Å². The third-order valence-electron chi connectivity index (χ3n) is 4.29. The molecule has 1 aliphatic rings. The van der Waals surface area contributed by atoms with E-state index < -0.39 is 0 Å². The number of aromatic nitrogens is 1. The molecule has 108 valence electrons. The number of ether oxygens (including phenoxy) is 1. The Kier molecular flexibility index (Phi) is 3.90. The molecule has 0 fully saturated rings. The molecule has 0 aliphatic carbocycles. The van der Waals surface area contributed by atoms with Crippen LogP contribution in [0.3, 0.4) is 0 Å². The fraction of sp³-hybridized carbons (Fsp3) is 0.500. The number of methoxy groups -OCH3 is 1. The normalized spacial score (nSPS) is 16.8. The summed E-state index contributed by atoms with van der Waals surface area (Å²) in [7, 11) is 1.67. The van der Waals surface area contributed by atoms with Crippen LogP contribution in [0.25, 0.3) is 10.9 Å². The van der Waals surface area contributed by atoms with Gasteiger partial charge < -0.3 is 14.6 Å². The fourth-order valence-corrected chi connectivity index (χ4v) is 3.38. The number of likely N-dealkylation sites (N-methyl/N-ethyl adjacent to an activating group) is 1. The van der Waals surface area contributed by atoms with Crippen molar-refractivity contribution in [3.05, 3.63) is 28.4 Å². The molecule has 2 aromatic rings. The van der Waals surface area contributed by atoms with E-state index in [0.29, 0.717) is 5.02 Å². The lowest BCUT2D eigenvalue weighted by Gasteiger charge is -2.23. The molecule has 1 aromatic heterocycles. The molecule has 1 aromatic carbocycles. The minimum atomic E-state index is 0.671. The Bertz CT molecular complexity index is 620. The summed E-state index contributed by atoms with van der Waals surface area (Å²) in [5.74, 6) is 0.760. The Balaban J connectivity index is 2.06. The van der Waals surface area contributed by atoms with Gasteiger partial charge in [-0.1, -0.05) is 18.5 Å². The first-order chi connectivity index (χ1) is 9.72. The Hall–Kier alpha value is -1.19. The van der Waals surface area contributed by atoms with Crippen molar-refractivity contribution < 1.29 is 4.74 Å². The van der Waals surface area contributed by atoms with Gasteiger partial charge in [-0.15, -0.1) is 0 Å². The SMILES string of the molecule is CCN1CCCc2[nH]c3cc(Cl)c(OC)cc3c2CC1. The van der Waals surface area contributed by atoms with Crippen molar-refractivity contribution in [2.45, 2.75) is 26.2 Å². The summed E-state index contributed by atoms with van der Waals surface area (Å²) in [6.45, 7) is 5.68. The van der Waals surface area contributed by atoms with E-state index in [4.69, 9.17) is 16.3 Å². The van der Waals surface area contributed by atoms with Gasteiger partial charge in [-0.25, -0.2) is 0 Å². The van der Waals surface area contributed by atoms with Crippen molar-refractivity contribution in [3.63, 3.8) is 0 Å². The minimum absolute atomic E-state index is 0.671. The maximum Gasteiger partial charge on any atom is 0.138 e. The van der Waals surface area contributed by atoms with Gasteiger partial charge in [0.05, 0.1) is 12.1 Å². The van der Waals surface area contributed by atoms with Gasteiger partial charge in [0, 0.05) is 23.1 Å². The van der Waals surface area contributed by atoms with Crippen LogP contribution in [0.2, 0.25) is 5.02 Å². The fourth-order valence-electron chi connectivity index (χ4n) is 3.14. The first-order valence-electron chi connectivity index (χ1n) is 7.32. The molecule has 0 amide bonds. The zero-order chi connectivity index (χ0) is 14.1. The molecule has 1 N–H and O–H groups in total.